The number of pyridine rings is 1. The molecule has 1 aromatic heterocycles. The van der Waals surface area contributed by atoms with Crippen LogP contribution in [0, 0.1) is 12.3 Å². The van der Waals surface area contributed by atoms with Gasteiger partial charge in [0.05, 0.1) is 5.69 Å². The van der Waals surface area contributed by atoms with Crippen molar-refractivity contribution in [2.24, 2.45) is 5.41 Å². The molecule has 0 amide bonds. The fraction of sp³-hybridized carbons (Fsp3) is 0.353. The van der Waals surface area contributed by atoms with Gasteiger partial charge in [0.2, 0.25) is 0 Å². The maximum Gasteiger partial charge on any atom is 0.0704 e. The fourth-order valence-electron chi connectivity index (χ4n) is 1.82. The zero-order chi connectivity index (χ0) is 15.0. The average molecular weight is 241 g/mol. The van der Waals surface area contributed by atoms with Gasteiger partial charge in [-0.1, -0.05) is 50.6 Å². The second kappa shape index (κ2) is 4.93. The molecule has 0 atom stereocenters. The van der Waals surface area contributed by atoms with Crippen LogP contribution in [0.25, 0.3) is 11.3 Å². The first-order chi connectivity index (χ1) is 9.22. The summed E-state index contributed by atoms with van der Waals surface area (Å²) in [5, 5.41) is 0. The second-order valence-corrected chi connectivity index (χ2v) is 5.67. The van der Waals surface area contributed by atoms with Gasteiger partial charge < -0.3 is 0 Å². The Morgan fingerprint density at radius 1 is 1.11 bits per heavy atom. The molecule has 94 valence electrons. The van der Waals surface area contributed by atoms with Gasteiger partial charge in [-0.15, -0.1) is 0 Å². The van der Waals surface area contributed by atoms with Crippen LogP contribution >= 0.6 is 0 Å². The van der Waals surface area contributed by atoms with Crippen molar-refractivity contribution in [3.8, 4) is 11.3 Å². The molecule has 2 aromatic rings. The Hall–Kier alpha value is -1.63. The minimum absolute atomic E-state index is 0.459. The van der Waals surface area contributed by atoms with E-state index in [0.717, 1.165) is 11.3 Å². The van der Waals surface area contributed by atoms with Crippen molar-refractivity contribution in [1.82, 2.24) is 4.98 Å². The Morgan fingerprint density at radius 2 is 1.78 bits per heavy atom. The molecule has 0 radical (unpaired) electrons. The molecule has 0 saturated heterocycles. The van der Waals surface area contributed by atoms with Gasteiger partial charge in [0, 0.05) is 14.5 Å². The van der Waals surface area contributed by atoms with E-state index in [1.165, 1.54) is 5.56 Å². The third-order valence-electron chi connectivity index (χ3n) is 2.63. The molecule has 0 saturated carbocycles. The van der Waals surface area contributed by atoms with Crippen molar-refractivity contribution in [2.45, 2.75) is 34.1 Å². The lowest BCUT2D eigenvalue weighted by Gasteiger charge is -2.18. The summed E-state index contributed by atoms with van der Waals surface area (Å²) in [4.78, 5) is 4.37. The molecule has 0 unspecified atom stereocenters. The van der Waals surface area contributed by atoms with Crippen molar-refractivity contribution in [1.29, 1.82) is 0 Å². The predicted octanol–water partition coefficient (Wildman–Crippen LogP) is 4.65. The lowest BCUT2D eigenvalue weighted by atomic mass is 9.88. The number of aromatic nitrogens is 1. The standard InChI is InChI=1S/C17H21N/c1-13-5-7-15(8-6-13)16-11-14(9-10-18-16)12-17(2,3)4/h5-11H,12H2,1-4H3/i12D2. The van der Waals surface area contributed by atoms with Gasteiger partial charge in [-0.2, -0.15) is 0 Å². The van der Waals surface area contributed by atoms with E-state index in [1.807, 2.05) is 58.0 Å². The molecule has 1 nitrogen and oxygen atoms in total. The highest BCUT2D eigenvalue weighted by molar-refractivity contribution is 5.60. The number of benzene rings is 1. The molecule has 1 heteroatoms. The van der Waals surface area contributed by atoms with Crippen LogP contribution < -0.4 is 0 Å². The second-order valence-electron chi connectivity index (χ2n) is 5.67. The first kappa shape index (κ1) is 10.3. The molecule has 0 aliphatic carbocycles. The molecule has 1 heterocycles. The third-order valence-corrected chi connectivity index (χ3v) is 2.63. The van der Waals surface area contributed by atoms with Crippen LogP contribution in [0.1, 0.15) is 34.6 Å². The zero-order valence-electron chi connectivity index (χ0n) is 13.5. The monoisotopic (exact) mass is 241 g/mol. The average Bonchev–Trinajstić information content (AvgIpc) is 2.38. The molecule has 0 aliphatic rings. The van der Waals surface area contributed by atoms with Gasteiger partial charge in [-0.3, -0.25) is 4.98 Å². The minimum atomic E-state index is -1.39. The van der Waals surface area contributed by atoms with Gasteiger partial charge in [-0.25, -0.2) is 0 Å². The first-order valence-electron chi connectivity index (χ1n) is 7.25. The third kappa shape index (κ3) is 3.43. The van der Waals surface area contributed by atoms with E-state index in [9.17, 15) is 0 Å². The normalized spacial score (nSPS) is 14.0. The minimum Gasteiger partial charge on any atom is -0.256 e. The van der Waals surface area contributed by atoms with E-state index in [0.29, 0.717) is 5.56 Å². The Balaban J connectivity index is 2.45. The highest BCUT2D eigenvalue weighted by atomic mass is 14.7. The van der Waals surface area contributed by atoms with E-state index in [1.54, 1.807) is 12.3 Å². The van der Waals surface area contributed by atoms with Crippen molar-refractivity contribution >= 4 is 0 Å². The molecule has 18 heavy (non-hydrogen) atoms. The summed E-state index contributed by atoms with van der Waals surface area (Å²) in [6.45, 7) is 7.79. The van der Waals surface area contributed by atoms with Crippen molar-refractivity contribution in [2.75, 3.05) is 0 Å². The topological polar surface area (TPSA) is 12.9 Å². The smallest absolute Gasteiger partial charge is 0.0704 e. The molecule has 0 aliphatic heterocycles. The summed E-state index contributed by atoms with van der Waals surface area (Å²) in [6, 6.07) is 11.8. The summed E-state index contributed by atoms with van der Waals surface area (Å²) in [6.07, 6.45) is 0.295. The number of aryl methyl sites for hydroxylation is 1. The van der Waals surface area contributed by atoms with Crippen LogP contribution in [-0.4, -0.2) is 4.98 Å². The largest absolute Gasteiger partial charge is 0.256 e. The van der Waals surface area contributed by atoms with Crippen LogP contribution in [0.5, 0.6) is 0 Å². The van der Waals surface area contributed by atoms with E-state index in [-0.39, 0.29) is 0 Å². The van der Waals surface area contributed by atoms with Gasteiger partial charge in [0.25, 0.3) is 0 Å². The van der Waals surface area contributed by atoms with E-state index in [2.05, 4.69) is 4.98 Å². The van der Waals surface area contributed by atoms with E-state index in [4.69, 9.17) is 2.74 Å². The maximum atomic E-state index is 8.35. The Kier molecular flexibility index (Phi) is 2.82. The molecular weight excluding hydrogens is 218 g/mol. The van der Waals surface area contributed by atoms with Gasteiger partial charge in [-0.05, 0) is 36.4 Å². The van der Waals surface area contributed by atoms with Gasteiger partial charge >= 0.3 is 0 Å². The lowest BCUT2D eigenvalue weighted by molar-refractivity contribution is 0.411. The fourth-order valence-corrected chi connectivity index (χ4v) is 1.82. The zero-order valence-corrected chi connectivity index (χ0v) is 11.5. The van der Waals surface area contributed by atoms with Crippen LogP contribution in [-0.2, 0) is 6.37 Å². The van der Waals surface area contributed by atoms with Crippen LogP contribution in [0.15, 0.2) is 42.6 Å². The quantitative estimate of drug-likeness (QED) is 0.746. The lowest BCUT2D eigenvalue weighted by Crippen LogP contribution is -2.09. The van der Waals surface area contributed by atoms with E-state index < -0.39 is 11.8 Å². The van der Waals surface area contributed by atoms with Crippen LogP contribution in [0.2, 0.25) is 0 Å². The maximum absolute atomic E-state index is 8.35. The number of rotatable bonds is 2. The van der Waals surface area contributed by atoms with Crippen LogP contribution in [0.4, 0.5) is 0 Å². The SMILES string of the molecule is [2H]C([2H])(c1ccnc(-c2ccc(C)cc2)c1)C(C)(C)C. The van der Waals surface area contributed by atoms with Crippen molar-refractivity contribution < 1.29 is 2.74 Å². The number of hydrogen-bond donors (Lipinski definition) is 0. The molecular formula is C17H21N. The first-order valence-corrected chi connectivity index (χ1v) is 6.25. The summed E-state index contributed by atoms with van der Waals surface area (Å²) >= 11 is 0. The number of nitrogens with zero attached hydrogens (tertiary/aromatic N) is 1. The summed E-state index contributed by atoms with van der Waals surface area (Å²) < 4.78 is 16.7. The van der Waals surface area contributed by atoms with E-state index >= 15 is 0 Å². The Morgan fingerprint density at radius 3 is 2.39 bits per heavy atom. The summed E-state index contributed by atoms with van der Waals surface area (Å²) in [7, 11) is 0. The summed E-state index contributed by atoms with van der Waals surface area (Å²) in [5.41, 5.74) is 3.25. The van der Waals surface area contributed by atoms with Crippen molar-refractivity contribution in [3.63, 3.8) is 0 Å². The molecule has 0 fully saturated rings. The number of hydrogen-bond acceptors (Lipinski definition) is 1. The Labute approximate surface area is 113 Å². The van der Waals surface area contributed by atoms with Gasteiger partial charge in [0.15, 0.2) is 0 Å². The predicted molar refractivity (Wildman–Crippen MR) is 77.6 cm³/mol. The Bertz CT molecular complexity index is 595. The molecule has 0 bridgehead atoms. The molecule has 0 spiro atoms. The molecule has 0 N–H and O–H groups in total. The van der Waals surface area contributed by atoms with Crippen molar-refractivity contribution in [3.05, 3.63) is 53.7 Å². The highest BCUT2D eigenvalue weighted by Crippen LogP contribution is 2.23. The molecule has 2 rings (SSSR count). The summed E-state index contributed by atoms with van der Waals surface area (Å²) in [5.74, 6) is 0. The van der Waals surface area contributed by atoms with Crippen LogP contribution in [0.3, 0.4) is 0 Å². The van der Waals surface area contributed by atoms with Gasteiger partial charge in [0.1, 0.15) is 0 Å². The molecule has 1 aromatic carbocycles. The highest BCUT2D eigenvalue weighted by Gasteiger charge is 2.11.